The molecule has 0 unspecified atom stereocenters. The van der Waals surface area contributed by atoms with Crippen LogP contribution in [0.15, 0.2) is 12.1 Å². The molecule has 1 aromatic rings. The van der Waals surface area contributed by atoms with E-state index in [1.54, 1.807) is 25.7 Å². The standard InChI is InChI=1S/C17H23F2N3O5/c1-16(2,3)27-15(23)20-12-9-11(22(24)25)10-13(14(12)26-4)21-7-5-17(18,19)6-8-21/h9-10H,5-8H2,1-4H3,(H,20,23). The van der Waals surface area contributed by atoms with Gasteiger partial charge in [0.05, 0.1) is 23.4 Å². The lowest BCUT2D eigenvalue weighted by Gasteiger charge is -2.34. The number of carbonyl (C=O) groups is 1. The van der Waals surface area contributed by atoms with Crippen molar-refractivity contribution in [2.75, 3.05) is 30.4 Å². The number of benzene rings is 1. The van der Waals surface area contributed by atoms with Crippen molar-refractivity contribution in [3.8, 4) is 5.75 Å². The number of alkyl halides is 2. The molecule has 1 aromatic carbocycles. The highest BCUT2D eigenvalue weighted by atomic mass is 19.3. The van der Waals surface area contributed by atoms with E-state index in [0.717, 1.165) is 6.07 Å². The van der Waals surface area contributed by atoms with Crippen molar-refractivity contribution in [1.82, 2.24) is 0 Å². The molecule has 1 aliphatic heterocycles. The summed E-state index contributed by atoms with van der Waals surface area (Å²) in [5.74, 6) is -2.61. The Morgan fingerprint density at radius 3 is 2.37 bits per heavy atom. The van der Waals surface area contributed by atoms with Crippen LogP contribution in [0.4, 0.5) is 30.6 Å². The Balaban J connectivity index is 2.40. The molecule has 0 radical (unpaired) electrons. The van der Waals surface area contributed by atoms with Crippen molar-refractivity contribution in [3.63, 3.8) is 0 Å². The number of amides is 1. The van der Waals surface area contributed by atoms with Crippen LogP contribution in [-0.2, 0) is 4.74 Å². The van der Waals surface area contributed by atoms with E-state index in [2.05, 4.69) is 5.32 Å². The van der Waals surface area contributed by atoms with Crippen LogP contribution in [0.1, 0.15) is 33.6 Å². The zero-order valence-electron chi connectivity index (χ0n) is 15.7. The van der Waals surface area contributed by atoms with Gasteiger partial charge in [-0.1, -0.05) is 0 Å². The lowest BCUT2D eigenvalue weighted by atomic mass is 10.1. The Morgan fingerprint density at radius 2 is 1.89 bits per heavy atom. The van der Waals surface area contributed by atoms with E-state index in [1.807, 2.05) is 0 Å². The van der Waals surface area contributed by atoms with Crippen molar-refractivity contribution in [2.24, 2.45) is 0 Å². The summed E-state index contributed by atoms with van der Waals surface area (Å²) in [4.78, 5) is 24.3. The quantitative estimate of drug-likeness (QED) is 0.615. The zero-order chi connectivity index (χ0) is 20.4. The summed E-state index contributed by atoms with van der Waals surface area (Å²) < 4.78 is 37.4. The number of halogens is 2. The van der Waals surface area contributed by atoms with Crippen LogP contribution < -0.4 is 15.0 Å². The smallest absolute Gasteiger partial charge is 0.412 e. The highest BCUT2D eigenvalue weighted by Crippen LogP contribution is 2.42. The molecule has 0 atom stereocenters. The normalized spacial score (nSPS) is 16.6. The fraction of sp³-hybridized carbons (Fsp3) is 0.588. The topological polar surface area (TPSA) is 93.9 Å². The van der Waals surface area contributed by atoms with E-state index in [4.69, 9.17) is 9.47 Å². The predicted octanol–water partition coefficient (Wildman–Crippen LogP) is 4.19. The second kappa shape index (κ2) is 7.53. The average Bonchev–Trinajstić information content (AvgIpc) is 2.52. The number of methoxy groups -OCH3 is 1. The van der Waals surface area contributed by atoms with Gasteiger partial charge < -0.3 is 14.4 Å². The molecular formula is C17H23F2N3O5. The minimum atomic E-state index is -2.76. The Kier molecular flexibility index (Phi) is 5.76. The highest BCUT2D eigenvalue weighted by Gasteiger charge is 2.35. The minimum Gasteiger partial charge on any atom is -0.492 e. The number of carbonyl (C=O) groups excluding carboxylic acids is 1. The number of nitro groups is 1. The fourth-order valence-electron chi connectivity index (χ4n) is 2.73. The van der Waals surface area contributed by atoms with Crippen molar-refractivity contribution in [1.29, 1.82) is 0 Å². The van der Waals surface area contributed by atoms with E-state index in [0.29, 0.717) is 0 Å². The molecule has 1 heterocycles. The molecule has 1 N–H and O–H groups in total. The summed E-state index contributed by atoms with van der Waals surface area (Å²) in [7, 11) is 1.34. The van der Waals surface area contributed by atoms with Gasteiger partial charge in [-0.3, -0.25) is 15.4 Å². The molecule has 0 spiro atoms. The van der Waals surface area contributed by atoms with Gasteiger partial charge in [0.15, 0.2) is 5.75 Å². The number of nitrogens with zero attached hydrogens (tertiary/aromatic N) is 2. The Hall–Kier alpha value is -2.65. The van der Waals surface area contributed by atoms with Gasteiger partial charge in [-0.2, -0.15) is 0 Å². The molecule has 1 saturated heterocycles. The second-order valence-corrected chi connectivity index (χ2v) is 7.27. The number of non-ortho nitro benzene ring substituents is 1. The number of rotatable bonds is 4. The molecule has 0 bridgehead atoms. The molecule has 1 aliphatic rings. The van der Waals surface area contributed by atoms with E-state index in [9.17, 15) is 23.7 Å². The molecule has 10 heteroatoms. The molecule has 1 amide bonds. The van der Waals surface area contributed by atoms with Crippen molar-refractivity contribution >= 4 is 23.2 Å². The van der Waals surface area contributed by atoms with E-state index in [1.165, 1.54) is 13.2 Å². The van der Waals surface area contributed by atoms with Gasteiger partial charge in [0.1, 0.15) is 5.60 Å². The number of hydrogen-bond acceptors (Lipinski definition) is 6. The van der Waals surface area contributed by atoms with Crippen LogP contribution >= 0.6 is 0 Å². The van der Waals surface area contributed by atoms with Crippen molar-refractivity contribution in [3.05, 3.63) is 22.2 Å². The lowest BCUT2D eigenvalue weighted by Crippen LogP contribution is -2.39. The third-order valence-corrected chi connectivity index (χ3v) is 3.94. The van der Waals surface area contributed by atoms with Crippen LogP contribution in [0.5, 0.6) is 5.75 Å². The molecule has 150 valence electrons. The molecule has 0 aliphatic carbocycles. The summed E-state index contributed by atoms with van der Waals surface area (Å²) >= 11 is 0. The van der Waals surface area contributed by atoms with Crippen LogP contribution in [0.25, 0.3) is 0 Å². The predicted molar refractivity (Wildman–Crippen MR) is 95.9 cm³/mol. The third kappa shape index (κ3) is 5.41. The Labute approximate surface area is 155 Å². The maximum atomic E-state index is 13.5. The minimum absolute atomic E-state index is 0.0103. The van der Waals surface area contributed by atoms with Crippen LogP contribution in [0.3, 0.4) is 0 Å². The van der Waals surface area contributed by atoms with Gasteiger partial charge >= 0.3 is 6.09 Å². The number of nitrogens with one attached hydrogen (secondary N) is 1. The van der Waals surface area contributed by atoms with E-state index in [-0.39, 0.29) is 48.7 Å². The van der Waals surface area contributed by atoms with Gasteiger partial charge in [-0.25, -0.2) is 13.6 Å². The maximum Gasteiger partial charge on any atom is 0.412 e. The first-order chi connectivity index (χ1) is 12.4. The van der Waals surface area contributed by atoms with Crippen LogP contribution in [0.2, 0.25) is 0 Å². The third-order valence-electron chi connectivity index (χ3n) is 3.94. The van der Waals surface area contributed by atoms with Gasteiger partial charge in [0.2, 0.25) is 0 Å². The van der Waals surface area contributed by atoms with Crippen LogP contribution in [-0.4, -0.2) is 42.7 Å². The van der Waals surface area contributed by atoms with E-state index >= 15 is 0 Å². The van der Waals surface area contributed by atoms with E-state index < -0.39 is 22.5 Å². The first-order valence-corrected chi connectivity index (χ1v) is 8.41. The number of anilines is 2. The van der Waals surface area contributed by atoms with Crippen LogP contribution in [0, 0.1) is 10.1 Å². The monoisotopic (exact) mass is 387 g/mol. The SMILES string of the molecule is COc1c(NC(=O)OC(C)(C)C)cc([N+](=O)[O-])cc1N1CCC(F)(F)CC1. The molecular weight excluding hydrogens is 364 g/mol. The first kappa shape index (κ1) is 20.7. The largest absolute Gasteiger partial charge is 0.492 e. The molecule has 27 heavy (non-hydrogen) atoms. The number of hydrogen-bond donors (Lipinski definition) is 1. The molecule has 2 rings (SSSR count). The molecule has 0 saturated carbocycles. The molecule has 0 aromatic heterocycles. The molecule has 8 nitrogen and oxygen atoms in total. The van der Waals surface area contributed by atoms with Crippen molar-refractivity contribution < 1.29 is 28.0 Å². The van der Waals surface area contributed by atoms with Gasteiger partial charge in [-0.05, 0) is 20.8 Å². The number of ether oxygens (including phenoxy) is 2. The number of nitro benzene ring substituents is 1. The van der Waals surface area contributed by atoms with Gasteiger partial charge in [-0.15, -0.1) is 0 Å². The van der Waals surface area contributed by atoms with Gasteiger partial charge in [0.25, 0.3) is 11.6 Å². The first-order valence-electron chi connectivity index (χ1n) is 8.41. The maximum absolute atomic E-state index is 13.5. The summed E-state index contributed by atoms with van der Waals surface area (Å²) in [5.41, 5.74) is -0.755. The second-order valence-electron chi connectivity index (χ2n) is 7.27. The summed E-state index contributed by atoms with van der Waals surface area (Å²) in [5, 5.41) is 13.7. The number of piperidine rings is 1. The summed E-state index contributed by atoms with van der Waals surface area (Å²) in [6, 6.07) is 2.40. The summed E-state index contributed by atoms with van der Waals surface area (Å²) in [6.07, 6.45) is -1.54. The molecule has 1 fully saturated rings. The van der Waals surface area contributed by atoms with Gasteiger partial charge in [0, 0.05) is 38.1 Å². The Morgan fingerprint density at radius 1 is 1.30 bits per heavy atom. The average molecular weight is 387 g/mol. The Bertz CT molecular complexity index is 724. The lowest BCUT2D eigenvalue weighted by molar-refractivity contribution is -0.384. The summed E-state index contributed by atoms with van der Waals surface area (Å²) in [6.45, 7) is 5.05. The van der Waals surface area contributed by atoms with Crippen molar-refractivity contribution in [2.45, 2.75) is 45.1 Å². The zero-order valence-corrected chi connectivity index (χ0v) is 15.7. The highest BCUT2D eigenvalue weighted by molar-refractivity contribution is 5.90. The fourth-order valence-corrected chi connectivity index (χ4v) is 2.73.